The summed E-state index contributed by atoms with van der Waals surface area (Å²) in [5.74, 6) is -0.165. The minimum absolute atomic E-state index is 0.105. The van der Waals surface area contributed by atoms with Crippen LogP contribution in [0.1, 0.15) is 42.2 Å². The summed E-state index contributed by atoms with van der Waals surface area (Å²) in [6.45, 7) is 0.105. The molecule has 172 valence electrons. The molecule has 0 unspecified atom stereocenters. The van der Waals surface area contributed by atoms with Gasteiger partial charge in [-0.1, -0.05) is 42.5 Å². The van der Waals surface area contributed by atoms with Crippen LogP contribution in [0.4, 0.5) is 5.69 Å². The van der Waals surface area contributed by atoms with E-state index in [-0.39, 0.29) is 24.3 Å². The predicted molar refractivity (Wildman–Crippen MR) is 135 cm³/mol. The number of nitrogens with one attached hydrogen (secondary N) is 1. The first-order valence-corrected chi connectivity index (χ1v) is 12.1. The molecule has 4 aromatic rings. The zero-order chi connectivity index (χ0) is 24.2. The smallest absolute Gasteiger partial charge is 0.261 e. The van der Waals surface area contributed by atoms with Crippen LogP contribution in [0.2, 0.25) is 0 Å². The molecule has 3 amide bonds. The Morgan fingerprint density at radius 1 is 0.800 bits per heavy atom. The second kappa shape index (κ2) is 9.95. The van der Waals surface area contributed by atoms with Crippen LogP contribution in [0, 0.1) is 0 Å². The second-order valence-corrected chi connectivity index (χ2v) is 9.05. The van der Waals surface area contributed by atoms with Crippen molar-refractivity contribution in [2.45, 2.75) is 17.3 Å². The Morgan fingerprint density at radius 2 is 1.51 bits per heavy atom. The molecule has 1 N–H and O–H groups in total. The van der Waals surface area contributed by atoms with Gasteiger partial charge in [0.05, 0.1) is 22.7 Å². The number of carbonyl (C=O) groups is 3. The molecule has 0 fully saturated rings. The maximum Gasteiger partial charge on any atom is 0.261 e. The van der Waals surface area contributed by atoms with E-state index < -0.39 is 0 Å². The number of anilines is 1. The fourth-order valence-electron chi connectivity index (χ4n) is 3.91. The molecule has 0 radical (unpaired) electrons. The topological polar surface area (TPSA) is 79.4 Å². The Balaban J connectivity index is 1.25. The van der Waals surface area contributed by atoms with Gasteiger partial charge in [-0.25, -0.2) is 4.98 Å². The van der Waals surface area contributed by atoms with Gasteiger partial charge in [-0.3, -0.25) is 19.3 Å². The van der Waals surface area contributed by atoms with Crippen molar-refractivity contribution < 1.29 is 14.4 Å². The van der Waals surface area contributed by atoms with E-state index in [4.69, 9.17) is 0 Å². The standard InChI is InChI=1S/C28H21N3O3S/c32-26(30-22-10-6-8-20(16-22)18-35-25-13-3-4-14-29-25)21-9-5-7-19(15-21)17-31-27(33)23-11-1-2-12-24(23)28(31)34/h1-16H,17-18H2,(H,30,32). The van der Waals surface area contributed by atoms with Crippen LogP contribution in [0.15, 0.2) is 102 Å². The van der Waals surface area contributed by atoms with Crippen molar-refractivity contribution in [3.05, 3.63) is 125 Å². The number of fused-ring (bicyclic) bond motifs is 1. The summed E-state index contributed by atoms with van der Waals surface area (Å²) in [5.41, 5.74) is 3.73. The van der Waals surface area contributed by atoms with Gasteiger partial charge in [-0.05, 0) is 59.7 Å². The van der Waals surface area contributed by atoms with Gasteiger partial charge in [0.15, 0.2) is 0 Å². The van der Waals surface area contributed by atoms with Gasteiger partial charge in [0.2, 0.25) is 0 Å². The number of aromatic nitrogens is 1. The van der Waals surface area contributed by atoms with Crippen LogP contribution >= 0.6 is 11.8 Å². The van der Waals surface area contributed by atoms with Gasteiger partial charge in [-0.15, -0.1) is 11.8 Å². The molecule has 7 heteroatoms. The normalized spacial score (nSPS) is 12.5. The highest BCUT2D eigenvalue weighted by atomic mass is 32.2. The lowest BCUT2D eigenvalue weighted by molar-refractivity contribution is 0.0642. The van der Waals surface area contributed by atoms with Crippen LogP contribution in [0.25, 0.3) is 0 Å². The molecule has 35 heavy (non-hydrogen) atoms. The Kier molecular flexibility index (Phi) is 6.41. The summed E-state index contributed by atoms with van der Waals surface area (Å²) in [7, 11) is 0. The number of imide groups is 1. The molecule has 1 aromatic heterocycles. The number of hydrogen-bond donors (Lipinski definition) is 1. The fourth-order valence-corrected chi connectivity index (χ4v) is 4.71. The monoisotopic (exact) mass is 479 g/mol. The Morgan fingerprint density at radius 3 is 2.26 bits per heavy atom. The van der Waals surface area contributed by atoms with E-state index in [1.54, 1.807) is 66.5 Å². The van der Waals surface area contributed by atoms with Gasteiger partial charge < -0.3 is 5.32 Å². The molecule has 0 atom stereocenters. The largest absolute Gasteiger partial charge is 0.322 e. The van der Waals surface area contributed by atoms with E-state index >= 15 is 0 Å². The Hall–Kier alpha value is -4.23. The molecule has 1 aliphatic rings. The minimum atomic E-state index is -0.319. The number of benzene rings is 3. The lowest BCUT2D eigenvalue weighted by Gasteiger charge is -2.14. The number of pyridine rings is 1. The van der Waals surface area contributed by atoms with Crippen molar-refractivity contribution in [3.63, 3.8) is 0 Å². The average Bonchev–Trinajstić information content (AvgIpc) is 3.13. The van der Waals surface area contributed by atoms with Crippen LogP contribution in [0.5, 0.6) is 0 Å². The average molecular weight is 480 g/mol. The van der Waals surface area contributed by atoms with E-state index in [1.807, 2.05) is 42.5 Å². The third-order valence-corrected chi connectivity index (χ3v) is 6.63. The quantitative estimate of drug-likeness (QED) is 0.283. The molecule has 2 heterocycles. The summed E-state index contributed by atoms with van der Waals surface area (Å²) in [6.07, 6.45) is 1.77. The zero-order valence-electron chi connectivity index (χ0n) is 18.7. The summed E-state index contributed by atoms with van der Waals surface area (Å²) in [6, 6.07) is 27.3. The highest BCUT2D eigenvalue weighted by Gasteiger charge is 2.35. The molecular formula is C28H21N3O3S. The van der Waals surface area contributed by atoms with Gasteiger partial charge in [0.25, 0.3) is 17.7 Å². The molecule has 0 saturated carbocycles. The van der Waals surface area contributed by atoms with Crippen molar-refractivity contribution >= 4 is 35.2 Å². The molecule has 0 aliphatic carbocycles. The Bertz CT molecular complexity index is 1390. The number of nitrogens with zero attached hydrogens (tertiary/aromatic N) is 2. The zero-order valence-corrected chi connectivity index (χ0v) is 19.5. The molecule has 3 aromatic carbocycles. The van der Waals surface area contributed by atoms with E-state index in [9.17, 15) is 14.4 Å². The summed E-state index contributed by atoms with van der Waals surface area (Å²) >= 11 is 1.63. The predicted octanol–water partition coefficient (Wildman–Crippen LogP) is 5.42. The highest BCUT2D eigenvalue weighted by Crippen LogP contribution is 2.25. The first-order valence-electron chi connectivity index (χ1n) is 11.1. The van der Waals surface area contributed by atoms with Gasteiger partial charge >= 0.3 is 0 Å². The number of hydrogen-bond acceptors (Lipinski definition) is 5. The van der Waals surface area contributed by atoms with Crippen molar-refractivity contribution in [2.75, 3.05) is 5.32 Å². The van der Waals surface area contributed by atoms with Crippen molar-refractivity contribution in [1.82, 2.24) is 9.88 Å². The molecule has 0 saturated heterocycles. The molecule has 0 spiro atoms. The van der Waals surface area contributed by atoms with Crippen LogP contribution in [-0.2, 0) is 12.3 Å². The number of thioether (sulfide) groups is 1. The lowest BCUT2D eigenvalue weighted by Crippen LogP contribution is -2.29. The highest BCUT2D eigenvalue weighted by molar-refractivity contribution is 7.98. The third kappa shape index (κ3) is 5.00. The van der Waals surface area contributed by atoms with Crippen LogP contribution < -0.4 is 5.32 Å². The minimum Gasteiger partial charge on any atom is -0.322 e. The maximum absolute atomic E-state index is 12.9. The second-order valence-electron chi connectivity index (χ2n) is 8.05. The molecule has 5 rings (SSSR count). The third-order valence-electron chi connectivity index (χ3n) is 5.62. The molecule has 6 nitrogen and oxygen atoms in total. The molecule has 1 aliphatic heterocycles. The molecule has 0 bridgehead atoms. The van der Waals surface area contributed by atoms with E-state index in [0.29, 0.717) is 27.9 Å². The number of amides is 3. The molecular weight excluding hydrogens is 458 g/mol. The van der Waals surface area contributed by atoms with E-state index in [2.05, 4.69) is 10.3 Å². The SMILES string of the molecule is O=C(Nc1cccc(CSc2ccccn2)c1)c1cccc(CN2C(=O)c3ccccc3C2=O)c1. The van der Waals surface area contributed by atoms with Crippen LogP contribution in [-0.4, -0.2) is 27.6 Å². The fraction of sp³-hybridized carbons (Fsp3) is 0.0714. The van der Waals surface area contributed by atoms with Crippen molar-refractivity contribution in [1.29, 1.82) is 0 Å². The Labute approximate surface area is 207 Å². The first kappa shape index (κ1) is 22.6. The van der Waals surface area contributed by atoms with E-state index in [1.165, 1.54) is 4.90 Å². The van der Waals surface area contributed by atoms with Gasteiger partial charge in [0, 0.05) is 23.2 Å². The number of rotatable bonds is 7. The van der Waals surface area contributed by atoms with Crippen LogP contribution in [0.3, 0.4) is 0 Å². The summed E-state index contributed by atoms with van der Waals surface area (Å²) in [4.78, 5) is 43.8. The van der Waals surface area contributed by atoms with Gasteiger partial charge in [-0.2, -0.15) is 0 Å². The summed E-state index contributed by atoms with van der Waals surface area (Å²) in [5, 5.41) is 3.88. The lowest BCUT2D eigenvalue weighted by atomic mass is 10.1. The summed E-state index contributed by atoms with van der Waals surface area (Å²) < 4.78 is 0. The maximum atomic E-state index is 12.9. The van der Waals surface area contributed by atoms with E-state index in [0.717, 1.165) is 16.3 Å². The van der Waals surface area contributed by atoms with Crippen molar-refractivity contribution in [2.24, 2.45) is 0 Å². The number of carbonyl (C=O) groups excluding carboxylic acids is 3. The van der Waals surface area contributed by atoms with Gasteiger partial charge in [0.1, 0.15) is 0 Å². The van der Waals surface area contributed by atoms with Crippen molar-refractivity contribution in [3.8, 4) is 0 Å². The first-order chi connectivity index (χ1) is 17.1.